The van der Waals surface area contributed by atoms with Crippen molar-refractivity contribution in [3.63, 3.8) is 0 Å². The highest BCUT2D eigenvalue weighted by molar-refractivity contribution is 5.77. The second-order valence-corrected chi connectivity index (χ2v) is 6.26. The number of aromatic amines is 1. The fourth-order valence-electron chi connectivity index (χ4n) is 3.10. The van der Waals surface area contributed by atoms with Gasteiger partial charge in [-0.25, -0.2) is 4.98 Å². The molecule has 1 aliphatic rings. The number of hydrogen-bond donors (Lipinski definition) is 1. The molecule has 0 radical (unpaired) electrons. The van der Waals surface area contributed by atoms with Crippen molar-refractivity contribution in [1.29, 1.82) is 0 Å². The van der Waals surface area contributed by atoms with E-state index in [-0.39, 0.29) is 12.5 Å². The number of imidazole rings is 1. The average Bonchev–Trinajstić information content (AvgIpc) is 3.15. The molecule has 2 aromatic rings. The van der Waals surface area contributed by atoms with Crippen LogP contribution in [0.4, 0.5) is 0 Å². The predicted molar refractivity (Wildman–Crippen MR) is 94.7 cm³/mol. The first-order chi connectivity index (χ1) is 12.2. The minimum Gasteiger partial charge on any atom is -0.494 e. The Hall–Kier alpha value is -2.50. The van der Waals surface area contributed by atoms with Crippen molar-refractivity contribution in [2.45, 2.75) is 26.2 Å². The zero-order valence-corrected chi connectivity index (χ0v) is 14.6. The Balaban J connectivity index is 1.40. The van der Waals surface area contributed by atoms with Crippen LogP contribution in [0.5, 0.6) is 11.5 Å². The number of likely N-dealkylation sites (tertiary alicyclic amines) is 1. The van der Waals surface area contributed by atoms with Gasteiger partial charge in [0.1, 0.15) is 17.3 Å². The molecule has 1 fully saturated rings. The summed E-state index contributed by atoms with van der Waals surface area (Å²) in [6.45, 7) is 4.24. The van der Waals surface area contributed by atoms with Gasteiger partial charge in [0.05, 0.1) is 6.61 Å². The van der Waals surface area contributed by atoms with Crippen molar-refractivity contribution >= 4 is 5.91 Å². The van der Waals surface area contributed by atoms with Crippen molar-refractivity contribution in [3.05, 3.63) is 42.5 Å². The highest BCUT2D eigenvalue weighted by Crippen LogP contribution is 2.21. The fraction of sp³-hybridized carbons (Fsp3) is 0.474. The second kappa shape index (κ2) is 8.55. The van der Waals surface area contributed by atoms with Gasteiger partial charge in [0.25, 0.3) is 5.91 Å². The molecule has 0 spiro atoms. The number of piperidine rings is 1. The lowest BCUT2D eigenvalue weighted by molar-refractivity contribution is -0.134. The van der Waals surface area contributed by atoms with E-state index in [1.807, 2.05) is 42.3 Å². The van der Waals surface area contributed by atoms with E-state index >= 15 is 0 Å². The molecule has 0 atom stereocenters. The molecule has 3 rings (SSSR count). The molecule has 1 aliphatic heterocycles. The number of rotatable bonds is 7. The van der Waals surface area contributed by atoms with E-state index in [2.05, 4.69) is 9.97 Å². The average molecular weight is 343 g/mol. The van der Waals surface area contributed by atoms with Gasteiger partial charge < -0.3 is 19.4 Å². The van der Waals surface area contributed by atoms with Crippen LogP contribution in [0.2, 0.25) is 0 Å². The molecule has 0 aliphatic carbocycles. The minimum absolute atomic E-state index is 0.0466. The predicted octanol–water partition coefficient (Wildman–Crippen LogP) is 2.67. The van der Waals surface area contributed by atoms with Crippen LogP contribution < -0.4 is 9.47 Å². The van der Waals surface area contributed by atoms with Crippen LogP contribution >= 0.6 is 0 Å². The Labute approximate surface area is 148 Å². The Morgan fingerprint density at radius 1 is 1.20 bits per heavy atom. The van der Waals surface area contributed by atoms with Crippen LogP contribution in [0.3, 0.4) is 0 Å². The van der Waals surface area contributed by atoms with Crippen LogP contribution in [0.15, 0.2) is 36.7 Å². The van der Waals surface area contributed by atoms with Gasteiger partial charge in [-0.3, -0.25) is 4.79 Å². The first kappa shape index (κ1) is 17.3. The van der Waals surface area contributed by atoms with Gasteiger partial charge in [-0.15, -0.1) is 0 Å². The van der Waals surface area contributed by atoms with E-state index in [1.54, 1.807) is 6.20 Å². The highest BCUT2D eigenvalue weighted by Gasteiger charge is 2.23. The molecule has 0 unspecified atom stereocenters. The zero-order valence-electron chi connectivity index (χ0n) is 14.6. The quantitative estimate of drug-likeness (QED) is 0.839. The van der Waals surface area contributed by atoms with Crippen LogP contribution in [-0.2, 0) is 11.2 Å². The molecule has 6 heteroatoms. The fourth-order valence-corrected chi connectivity index (χ4v) is 3.10. The molecule has 0 bridgehead atoms. The summed E-state index contributed by atoms with van der Waals surface area (Å²) in [5, 5.41) is 0. The summed E-state index contributed by atoms with van der Waals surface area (Å²) < 4.78 is 11.0. The van der Waals surface area contributed by atoms with Gasteiger partial charge in [0.2, 0.25) is 0 Å². The molecular formula is C19H25N3O3. The van der Waals surface area contributed by atoms with Crippen molar-refractivity contribution in [2.75, 3.05) is 26.3 Å². The van der Waals surface area contributed by atoms with Gasteiger partial charge in [-0.1, -0.05) is 0 Å². The van der Waals surface area contributed by atoms with Gasteiger partial charge in [0, 0.05) is 31.9 Å². The summed E-state index contributed by atoms with van der Waals surface area (Å²) in [6.07, 6.45) is 6.61. The van der Waals surface area contributed by atoms with E-state index in [4.69, 9.17) is 9.47 Å². The van der Waals surface area contributed by atoms with Crippen LogP contribution in [0, 0.1) is 5.92 Å². The number of carbonyl (C=O) groups is 1. The number of carbonyl (C=O) groups excluding carboxylic acids is 1. The maximum absolute atomic E-state index is 12.3. The summed E-state index contributed by atoms with van der Waals surface area (Å²) in [6, 6.07) is 7.36. The number of nitrogens with one attached hydrogen (secondary N) is 1. The molecule has 25 heavy (non-hydrogen) atoms. The summed E-state index contributed by atoms with van der Waals surface area (Å²) in [5.41, 5.74) is 0. The lowest BCUT2D eigenvalue weighted by Gasteiger charge is -2.31. The highest BCUT2D eigenvalue weighted by atomic mass is 16.5. The third-order valence-electron chi connectivity index (χ3n) is 4.50. The summed E-state index contributed by atoms with van der Waals surface area (Å²) in [4.78, 5) is 21.6. The topological polar surface area (TPSA) is 67.5 Å². The molecular weight excluding hydrogens is 318 g/mol. The van der Waals surface area contributed by atoms with Crippen LogP contribution in [0.1, 0.15) is 25.6 Å². The number of aromatic nitrogens is 2. The van der Waals surface area contributed by atoms with Gasteiger partial charge in [0.15, 0.2) is 6.61 Å². The molecule has 6 nitrogen and oxygen atoms in total. The molecule has 1 aromatic carbocycles. The van der Waals surface area contributed by atoms with E-state index < -0.39 is 0 Å². The lowest BCUT2D eigenvalue weighted by atomic mass is 9.93. The number of H-pyrrole nitrogens is 1. The lowest BCUT2D eigenvalue weighted by Crippen LogP contribution is -2.41. The second-order valence-electron chi connectivity index (χ2n) is 6.26. The SMILES string of the molecule is CCOc1ccc(OCC(=O)N2CCC(Cc3ncc[nH]3)CC2)cc1. The van der Waals surface area contributed by atoms with E-state index in [1.165, 1.54) is 0 Å². The number of hydrogen-bond acceptors (Lipinski definition) is 4. The summed E-state index contributed by atoms with van der Waals surface area (Å²) in [7, 11) is 0. The Morgan fingerprint density at radius 2 is 1.88 bits per heavy atom. The van der Waals surface area contributed by atoms with Crippen LogP contribution in [-0.4, -0.2) is 47.1 Å². The zero-order chi connectivity index (χ0) is 17.5. The summed E-state index contributed by atoms with van der Waals surface area (Å²) >= 11 is 0. The minimum atomic E-state index is 0.0466. The Morgan fingerprint density at radius 3 is 2.48 bits per heavy atom. The third-order valence-corrected chi connectivity index (χ3v) is 4.50. The normalized spacial score (nSPS) is 15.2. The first-order valence-corrected chi connectivity index (χ1v) is 8.86. The molecule has 0 saturated carbocycles. The standard InChI is InChI=1S/C19H25N3O3/c1-2-24-16-3-5-17(6-4-16)25-14-19(23)22-11-7-15(8-12-22)13-18-20-9-10-21-18/h3-6,9-10,15H,2,7-8,11-14H2,1H3,(H,20,21). The van der Waals surface area contributed by atoms with Crippen molar-refractivity contribution < 1.29 is 14.3 Å². The number of benzene rings is 1. The molecule has 1 N–H and O–H groups in total. The summed E-state index contributed by atoms with van der Waals surface area (Å²) in [5.74, 6) is 3.15. The van der Waals surface area contributed by atoms with Crippen LogP contribution in [0.25, 0.3) is 0 Å². The molecule has 134 valence electrons. The van der Waals surface area contributed by atoms with E-state index in [9.17, 15) is 4.79 Å². The first-order valence-electron chi connectivity index (χ1n) is 8.86. The smallest absolute Gasteiger partial charge is 0.260 e. The van der Waals surface area contributed by atoms with Crippen molar-refractivity contribution in [1.82, 2.24) is 14.9 Å². The monoisotopic (exact) mass is 343 g/mol. The maximum atomic E-state index is 12.3. The van der Waals surface area contributed by atoms with Crippen molar-refractivity contribution in [2.24, 2.45) is 5.92 Å². The van der Waals surface area contributed by atoms with E-state index in [0.29, 0.717) is 18.3 Å². The Bertz CT molecular complexity index is 647. The molecule has 1 saturated heterocycles. The molecule has 1 amide bonds. The van der Waals surface area contributed by atoms with Gasteiger partial charge in [-0.05, 0) is 49.9 Å². The number of ether oxygens (including phenoxy) is 2. The molecule has 2 heterocycles. The van der Waals surface area contributed by atoms with Gasteiger partial charge >= 0.3 is 0 Å². The van der Waals surface area contributed by atoms with Gasteiger partial charge in [-0.2, -0.15) is 0 Å². The third kappa shape index (κ3) is 4.98. The van der Waals surface area contributed by atoms with E-state index in [0.717, 1.165) is 43.9 Å². The largest absolute Gasteiger partial charge is 0.494 e. The number of nitrogens with zero attached hydrogens (tertiary/aromatic N) is 2. The maximum Gasteiger partial charge on any atom is 0.260 e. The van der Waals surface area contributed by atoms with Crippen molar-refractivity contribution in [3.8, 4) is 11.5 Å². The number of amides is 1. The Kier molecular flexibility index (Phi) is 5.93. The molecule has 1 aromatic heterocycles.